The molecule has 4 rings (SSSR count). The molecule has 0 aliphatic rings. The van der Waals surface area contributed by atoms with Crippen LogP contribution in [0.2, 0.25) is 5.02 Å². The number of hydrogen-bond donors (Lipinski definition) is 1. The highest BCUT2D eigenvalue weighted by atomic mass is 35.5. The zero-order chi connectivity index (χ0) is 20.5. The smallest absolute Gasteiger partial charge is 0.270 e. The van der Waals surface area contributed by atoms with Gasteiger partial charge in [0.15, 0.2) is 0 Å². The number of benzene rings is 1. The summed E-state index contributed by atoms with van der Waals surface area (Å²) in [5, 5.41) is 8.30. The number of fused-ring (bicyclic) bond motifs is 1. The van der Waals surface area contributed by atoms with Crippen LogP contribution in [0.5, 0.6) is 0 Å². The van der Waals surface area contributed by atoms with E-state index in [0.29, 0.717) is 22.4 Å². The molecule has 0 radical (unpaired) electrons. The molecule has 1 atom stereocenters. The third-order valence-corrected chi connectivity index (χ3v) is 5.24. The van der Waals surface area contributed by atoms with Crippen molar-refractivity contribution in [3.63, 3.8) is 0 Å². The molecule has 1 unspecified atom stereocenters. The molecule has 0 saturated heterocycles. The maximum Gasteiger partial charge on any atom is 0.270 e. The van der Waals surface area contributed by atoms with Crippen molar-refractivity contribution < 1.29 is 9.32 Å². The van der Waals surface area contributed by atoms with Crippen molar-refractivity contribution in [2.24, 2.45) is 13.0 Å². The first-order chi connectivity index (χ1) is 14.0. The lowest BCUT2D eigenvalue weighted by Gasteiger charge is -2.19. The summed E-state index contributed by atoms with van der Waals surface area (Å²) in [6.45, 7) is 3.95. The van der Waals surface area contributed by atoms with E-state index >= 15 is 0 Å². The summed E-state index contributed by atoms with van der Waals surface area (Å²) in [7, 11) is 1.82. The van der Waals surface area contributed by atoms with Crippen LogP contribution in [-0.2, 0) is 7.05 Å². The molecule has 4 aromatic rings. The van der Waals surface area contributed by atoms with Gasteiger partial charge in [-0.3, -0.25) is 9.78 Å². The number of aromatic nitrogens is 4. The lowest BCUT2D eigenvalue weighted by atomic mass is 10.0. The Hall–Kier alpha value is -3.19. The number of nitrogens with zero attached hydrogens (tertiary/aromatic N) is 4. The monoisotopic (exact) mass is 409 g/mol. The van der Waals surface area contributed by atoms with Crippen molar-refractivity contribution in [3.8, 4) is 11.4 Å². The highest BCUT2D eigenvalue weighted by Crippen LogP contribution is 2.31. The van der Waals surface area contributed by atoms with E-state index in [2.05, 4.69) is 20.4 Å². The van der Waals surface area contributed by atoms with Gasteiger partial charge in [-0.15, -0.1) is 0 Å². The van der Waals surface area contributed by atoms with Crippen LogP contribution >= 0.6 is 11.6 Å². The Labute approximate surface area is 172 Å². The summed E-state index contributed by atoms with van der Waals surface area (Å²) in [5.74, 6) is 0.522. The SMILES string of the molecule is CC(C)C(NC(=O)c1c(Cl)c2ccccc2n1C)c1nc(-c2ccncc2)no1. The number of rotatable bonds is 5. The van der Waals surface area contributed by atoms with E-state index in [1.807, 2.05) is 45.2 Å². The van der Waals surface area contributed by atoms with Crippen LogP contribution < -0.4 is 5.32 Å². The molecule has 3 heterocycles. The number of aryl methyl sites for hydroxylation is 1. The van der Waals surface area contributed by atoms with Gasteiger partial charge in [0, 0.05) is 35.9 Å². The zero-order valence-electron chi connectivity index (χ0n) is 16.3. The van der Waals surface area contributed by atoms with Gasteiger partial charge in [-0.1, -0.05) is 48.8 Å². The minimum absolute atomic E-state index is 0.0261. The topological polar surface area (TPSA) is 85.8 Å². The number of carbonyl (C=O) groups is 1. The molecule has 148 valence electrons. The van der Waals surface area contributed by atoms with E-state index in [0.717, 1.165) is 16.5 Å². The standard InChI is InChI=1S/C21H20ClN5O2/c1-12(2)17(21-25-19(26-29-21)13-8-10-23-11-9-13)24-20(28)18-16(22)14-6-4-5-7-15(14)27(18)3/h4-12,17H,1-3H3,(H,24,28). The second-order valence-electron chi connectivity index (χ2n) is 7.13. The molecule has 1 amide bonds. The first-order valence-corrected chi connectivity index (χ1v) is 9.63. The second kappa shape index (κ2) is 7.67. The fourth-order valence-electron chi connectivity index (χ4n) is 3.30. The Bertz CT molecular complexity index is 1130. The quantitative estimate of drug-likeness (QED) is 0.527. The summed E-state index contributed by atoms with van der Waals surface area (Å²) in [4.78, 5) is 21.6. The van der Waals surface area contributed by atoms with Crippen molar-refractivity contribution in [3.05, 3.63) is 65.4 Å². The van der Waals surface area contributed by atoms with Gasteiger partial charge < -0.3 is 14.4 Å². The van der Waals surface area contributed by atoms with Crippen molar-refractivity contribution in [2.75, 3.05) is 0 Å². The molecule has 0 spiro atoms. The summed E-state index contributed by atoms with van der Waals surface area (Å²) < 4.78 is 7.25. The van der Waals surface area contributed by atoms with Crippen LogP contribution in [0.1, 0.15) is 36.3 Å². The van der Waals surface area contributed by atoms with Crippen LogP contribution in [0.4, 0.5) is 0 Å². The lowest BCUT2D eigenvalue weighted by molar-refractivity contribution is 0.0906. The van der Waals surface area contributed by atoms with Gasteiger partial charge in [0.2, 0.25) is 11.7 Å². The molecule has 1 N–H and O–H groups in total. The van der Waals surface area contributed by atoms with E-state index in [1.165, 1.54) is 0 Å². The zero-order valence-corrected chi connectivity index (χ0v) is 17.0. The molecule has 3 aromatic heterocycles. The van der Waals surface area contributed by atoms with Gasteiger partial charge in [0.25, 0.3) is 5.91 Å². The molecule has 0 bridgehead atoms. The molecular formula is C21H20ClN5O2. The van der Waals surface area contributed by atoms with E-state index in [9.17, 15) is 4.79 Å². The van der Waals surface area contributed by atoms with Gasteiger partial charge in [0.05, 0.1) is 5.02 Å². The number of halogens is 1. The Kier molecular flexibility index (Phi) is 5.07. The van der Waals surface area contributed by atoms with Crippen LogP contribution in [-0.4, -0.2) is 25.6 Å². The predicted octanol–water partition coefficient (Wildman–Crippen LogP) is 4.40. The van der Waals surface area contributed by atoms with E-state index in [4.69, 9.17) is 16.1 Å². The summed E-state index contributed by atoms with van der Waals surface area (Å²) in [6, 6.07) is 10.8. The van der Waals surface area contributed by atoms with Crippen LogP contribution in [0.15, 0.2) is 53.3 Å². The number of hydrogen-bond acceptors (Lipinski definition) is 5. The number of nitrogens with one attached hydrogen (secondary N) is 1. The predicted molar refractivity (Wildman–Crippen MR) is 111 cm³/mol. The minimum Gasteiger partial charge on any atom is -0.339 e. The van der Waals surface area contributed by atoms with E-state index < -0.39 is 6.04 Å². The van der Waals surface area contributed by atoms with Gasteiger partial charge in [-0.25, -0.2) is 0 Å². The fourth-order valence-corrected chi connectivity index (χ4v) is 3.67. The van der Waals surface area contributed by atoms with Gasteiger partial charge >= 0.3 is 0 Å². The minimum atomic E-state index is -0.459. The summed E-state index contributed by atoms with van der Waals surface area (Å²) in [5.41, 5.74) is 2.08. The molecule has 7 nitrogen and oxygen atoms in total. The Balaban J connectivity index is 1.65. The van der Waals surface area contributed by atoms with Crippen molar-refractivity contribution >= 4 is 28.4 Å². The first kappa shape index (κ1) is 19.1. The Morgan fingerprint density at radius 1 is 1.17 bits per heavy atom. The normalized spacial score (nSPS) is 12.4. The first-order valence-electron chi connectivity index (χ1n) is 9.25. The average Bonchev–Trinajstić information content (AvgIpc) is 3.31. The second-order valence-corrected chi connectivity index (χ2v) is 7.50. The number of pyridine rings is 1. The highest BCUT2D eigenvalue weighted by molar-refractivity contribution is 6.38. The molecule has 0 fully saturated rings. The molecule has 8 heteroatoms. The molecule has 0 aliphatic carbocycles. The maximum absolute atomic E-state index is 13.1. The average molecular weight is 410 g/mol. The number of amides is 1. The fraction of sp³-hybridized carbons (Fsp3) is 0.238. The van der Waals surface area contributed by atoms with E-state index in [-0.39, 0.29) is 11.8 Å². The number of para-hydroxylation sites is 1. The number of carbonyl (C=O) groups excluding carboxylic acids is 1. The molecule has 0 aliphatic heterocycles. The molecule has 0 saturated carbocycles. The molecular weight excluding hydrogens is 390 g/mol. The van der Waals surface area contributed by atoms with Crippen molar-refractivity contribution in [1.29, 1.82) is 0 Å². The summed E-state index contributed by atoms with van der Waals surface area (Å²) >= 11 is 6.51. The summed E-state index contributed by atoms with van der Waals surface area (Å²) in [6.07, 6.45) is 3.32. The molecule has 1 aromatic carbocycles. The van der Waals surface area contributed by atoms with Gasteiger partial charge in [-0.2, -0.15) is 4.98 Å². The maximum atomic E-state index is 13.1. The van der Waals surface area contributed by atoms with Crippen LogP contribution in [0.3, 0.4) is 0 Å². The Morgan fingerprint density at radius 3 is 2.59 bits per heavy atom. The molecule has 29 heavy (non-hydrogen) atoms. The largest absolute Gasteiger partial charge is 0.339 e. The third kappa shape index (κ3) is 3.49. The van der Waals surface area contributed by atoms with Crippen LogP contribution in [0, 0.1) is 5.92 Å². The Morgan fingerprint density at radius 2 is 1.90 bits per heavy atom. The van der Waals surface area contributed by atoms with Crippen molar-refractivity contribution in [2.45, 2.75) is 19.9 Å². The highest BCUT2D eigenvalue weighted by Gasteiger charge is 2.28. The van der Waals surface area contributed by atoms with E-state index in [1.54, 1.807) is 29.1 Å². The van der Waals surface area contributed by atoms with Gasteiger partial charge in [-0.05, 0) is 24.1 Å². The van der Waals surface area contributed by atoms with Crippen LogP contribution in [0.25, 0.3) is 22.3 Å². The van der Waals surface area contributed by atoms with Gasteiger partial charge in [0.1, 0.15) is 11.7 Å². The lowest BCUT2D eigenvalue weighted by Crippen LogP contribution is -2.33. The van der Waals surface area contributed by atoms with Crippen molar-refractivity contribution in [1.82, 2.24) is 25.0 Å². The third-order valence-electron chi connectivity index (χ3n) is 4.86.